The number of ether oxygens (including phenoxy) is 1. The first-order valence-electron chi connectivity index (χ1n) is 6.65. The maximum Gasteiger partial charge on any atom is 0.243 e. The molecule has 1 unspecified atom stereocenters. The molecule has 3 rings (SSSR count). The molecular weight excluding hydrogens is 327 g/mol. The van der Waals surface area contributed by atoms with E-state index >= 15 is 0 Å². The van der Waals surface area contributed by atoms with Crippen LogP contribution in [-0.4, -0.2) is 41.5 Å². The first-order valence-corrected chi connectivity index (χ1v) is 7.03. The molecule has 1 atom stereocenters. The number of anilines is 1. The molecular formula is C14H16Cl2N4O2. The van der Waals surface area contributed by atoms with Crippen molar-refractivity contribution in [3.63, 3.8) is 0 Å². The van der Waals surface area contributed by atoms with Crippen molar-refractivity contribution in [3.8, 4) is 5.69 Å². The van der Waals surface area contributed by atoms with Crippen LogP contribution < -0.4 is 10.6 Å². The first-order chi connectivity index (χ1) is 10.2. The Morgan fingerprint density at radius 3 is 3.00 bits per heavy atom. The van der Waals surface area contributed by atoms with Crippen molar-refractivity contribution in [3.05, 3.63) is 41.7 Å². The molecule has 0 aliphatic carbocycles. The summed E-state index contributed by atoms with van der Waals surface area (Å²) in [6, 6.07) is 6.81. The van der Waals surface area contributed by atoms with E-state index in [9.17, 15) is 4.79 Å². The van der Waals surface area contributed by atoms with E-state index in [0.717, 1.165) is 5.69 Å². The fourth-order valence-electron chi connectivity index (χ4n) is 2.14. The van der Waals surface area contributed by atoms with E-state index in [1.54, 1.807) is 23.0 Å². The van der Waals surface area contributed by atoms with Gasteiger partial charge in [0, 0.05) is 24.6 Å². The number of hydrogen-bond donors (Lipinski definition) is 2. The largest absolute Gasteiger partial charge is 0.378 e. The highest BCUT2D eigenvalue weighted by atomic mass is 35.5. The average molecular weight is 343 g/mol. The highest BCUT2D eigenvalue weighted by Crippen LogP contribution is 2.24. The Hall–Kier alpha value is -1.60. The van der Waals surface area contributed by atoms with Gasteiger partial charge in [0.15, 0.2) is 0 Å². The van der Waals surface area contributed by atoms with E-state index in [1.165, 1.54) is 0 Å². The van der Waals surface area contributed by atoms with Gasteiger partial charge in [0.25, 0.3) is 0 Å². The second-order valence-corrected chi connectivity index (χ2v) is 5.09. The number of benzene rings is 1. The molecule has 1 aliphatic rings. The molecule has 0 radical (unpaired) electrons. The number of rotatable bonds is 3. The molecule has 0 bridgehead atoms. The maximum atomic E-state index is 12.1. The predicted octanol–water partition coefficient (Wildman–Crippen LogP) is 1.87. The Bertz CT molecular complexity index is 628. The lowest BCUT2D eigenvalue weighted by molar-refractivity contribution is -0.120. The summed E-state index contributed by atoms with van der Waals surface area (Å²) in [4.78, 5) is 12.1. The van der Waals surface area contributed by atoms with Crippen LogP contribution in [-0.2, 0) is 9.53 Å². The van der Waals surface area contributed by atoms with Crippen molar-refractivity contribution < 1.29 is 9.53 Å². The topological polar surface area (TPSA) is 68.2 Å². The number of aromatic nitrogens is 2. The number of amides is 1. The molecule has 22 heavy (non-hydrogen) atoms. The molecule has 8 heteroatoms. The molecule has 2 aromatic rings. The molecule has 1 saturated heterocycles. The quantitative estimate of drug-likeness (QED) is 0.893. The van der Waals surface area contributed by atoms with Gasteiger partial charge in [-0.2, -0.15) is 5.10 Å². The number of carbonyl (C=O) groups is 1. The summed E-state index contributed by atoms with van der Waals surface area (Å²) >= 11 is 6.24. The fourth-order valence-corrected chi connectivity index (χ4v) is 2.41. The van der Waals surface area contributed by atoms with Crippen molar-refractivity contribution in [1.29, 1.82) is 0 Å². The Kier molecular flexibility index (Phi) is 5.79. The number of halogens is 2. The normalized spacial score (nSPS) is 17.6. The molecule has 2 N–H and O–H groups in total. The van der Waals surface area contributed by atoms with Crippen LogP contribution in [0.5, 0.6) is 0 Å². The standard InChI is InChI=1S/C14H15ClN4O2.ClH/c15-11-8-10(2-3-13(11)19-6-1-4-17-19)18-14(20)12-9-21-7-5-16-12;/h1-4,6,8,12,16H,5,7,9H2,(H,18,20);1H. The first kappa shape index (κ1) is 16.8. The molecule has 1 aliphatic heterocycles. The Morgan fingerprint density at radius 2 is 2.36 bits per heavy atom. The molecule has 0 spiro atoms. The van der Waals surface area contributed by atoms with Crippen molar-refractivity contribution in [1.82, 2.24) is 15.1 Å². The summed E-state index contributed by atoms with van der Waals surface area (Å²) < 4.78 is 6.94. The maximum absolute atomic E-state index is 12.1. The van der Waals surface area contributed by atoms with Crippen molar-refractivity contribution in [2.75, 3.05) is 25.1 Å². The van der Waals surface area contributed by atoms with E-state index in [2.05, 4.69) is 15.7 Å². The lowest BCUT2D eigenvalue weighted by Crippen LogP contribution is -2.48. The second-order valence-electron chi connectivity index (χ2n) is 4.69. The van der Waals surface area contributed by atoms with Gasteiger partial charge in [-0.05, 0) is 24.3 Å². The summed E-state index contributed by atoms with van der Waals surface area (Å²) in [5.74, 6) is -0.127. The van der Waals surface area contributed by atoms with Crippen LogP contribution in [0.2, 0.25) is 5.02 Å². The molecule has 6 nitrogen and oxygen atoms in total. The van der Waals surface area contributed by atoms with Crippen LogP contribution in [0.3, 0.4) is 0 Å². The lowest BCUT2D eigenvalue weighted by Gasteiger charge is -2.23. The third-order valence-electron chi connectivity index (χ3n) is 3.20. The summed E-state index contributed by atoms with van der Waals surface area (Å²) in [5, 5.41) is 10.6. The molecule has 1 fully saturated rings. The van der Waals surface area contributed by atoms with Gasteiger partial charge in [-0.25, -0.2) is 4.68 Å². The van der Waals surface area contributed by atoms with Gasteiger partial charge in [0.2, 0.25) is 5.91 Å². The summed E-state index contributed by atoms with van der Waals surface area (Å²) in [6.45, 7) is 1.69. The third-order valence-corrected chi connectivity index (χ3v) is 3.51. The zero-order valence-electron chi connectivity index (χ0n) is 11.7. The van der Waals surface area contributed by atoms with E-state index in [4.69, 9.17) is 16.3 Å². The van der Waals surface area contributed by atoms with E-state index < -0.39 is 0 Å². The average Bonchev–Trinajstić information content (AvgIpc) is 3.02. The van der Waals surface area contributed by atoms with Crippen LogP contribution in [0.4, 0.5) is 5.69 Å². The lowest BCUT2D eigenvalue weighted by atomic mass is 10.2. The molecule has 1 amide bonds. The van der Waals surface area contributed by atoms with Gasteiger partial charge >= 0.3 is 0 Å². The Balaban J connectivity index is 0.00000176. The van der Waals surface area contributed by atoms with Crippen molar-refractivity contribution in [2.24, 2.45) is 0 Å². The smallest absolute Gasteiger partial charge is 0.243 e. The number of nitrogens with zero attached hydrogens (tertiary/aromatic N) is 2. The zero-order chi connectivity index (χ0) is 14.7. The highest BCUT2D eigenvalue weighted by Gasteiger charge is 2.21. The van der Waals surface area contributed by atoms with Gasteiger partial charge in [-0.3, -0.25) is 4.79 Å². The minimum atomic E-state index is -0.330. The Morgan fingerprint density at radius 1 is 1.50 bits per heavy atom. The summed E-state index contributed by atoms with van der Waals surface area (Å²) in [7, 11) is 0. The fraction of sp³-hybridized carbons (Fsp3) is 0.286. The number of carbonyl (C=O) groups excluding carboxylic acids is 1. The monoisotopic (exact) mass is 342 g/mol. The minimum Gasteiger partial charge on any atom is -0.378 e. The summed E-state index contributed by atoms with van der Waals surface area (Å²) in [5.41, 5.74) is 1.41. The molecule has 1 aromatic carbocycles. The second kappa shape index (κ2) is 7.60. The van der Waals surface area contributed by atoms with Crippen LogP contribution >= 0.6 is 24.0 Å². The van der Waals surface area contributed by atoms with Crippen LogP contribution in [0, 0.1) is 0 Å². The van der Waals surface area contributed by atoms with E-state index in [1.807, 2.05) is 18.3 Å². The molecule has 2 heterocycles. The van der Waals surface area contributed by atoms with E-state index in [-0.39, 0.29) is 24.4 Å². The van der Waals surface area contributed by atoms with Gasteiger partial charge in [0.1, 0.15) is 6.04 Å². The zero-order valence-corrected chi connectivity index (χ0v) is 13.2. The van der Waals surface area contributed by atoms with Crippen LogP contribution in [0.15, 0.2) is 36.7 Å². The number of hydrogen-bond acceptors (Lipinski definition) is 4. The molecule has 0 saturated carbocycles. The Labute approximate surface area is 139 Å². The van der Waals surface area contributed by atoms with Gasteiger partial charge in [-0.1, -0.05) is 11.6 Å². The third kappa shape index (κ3) is 3.78. The van der Waals surface area contributed by atoms with Crippen molar-refractivity contribution in [2.45, 2.75) is 6.04 Å². The number of morpholine rings is 1. The minimum absolute atomic E-state index is 0. The van der Waals surface area contributed by atoms with Gasteiger partial charge in [0.05, 0.1) is 23.9 Å². The SMILES string of the molecule is Cl.O=C(Nc1ccc(-n2cccn2)c(Cl)c1)C1COCCN1. The van der Waals surface area contributed by atoms with Gasteiger partial charge < -0.3 is 15.4 Å². The predicted molar refractivity (Wildman–Crippen MR) is 87.1 cm³/mol. The van der Waals surface area contributed by atoms with Crippen LogP contribution in [0.25, 0.3) is 5.69 Å². The summed E-state index contributed by atoms with van der Waals surface area (Å²) in [6.07, 6.45) is 3.49. The van der Waals surface area contributed by atoms with Crippen LogP contribution in [0.1, 0.15) is 0 Å². The molecule has 118 valence electrons. The van der Waals surface area contributed by atoms with Crippen molar-refractivity contribution >= 4 is 35.6 Å². The van der Waals surface area contributed by atoms with E-state index in [0.29, 0.717) is 30.5 Å². The molecule has 1 aromatic heterocycles. The highest BCUT2D eigenvalue weighted by molar-refractivity contribution is 6.32. The van der Waals surface area contributed by atoms with Gasteiger partial charge in [-0.15, -0.1) is 12.4 Å². The number of nitrogens with one attached hydrogen (secondary N) is 2.